The number of oxime groups is 1. The first-order valence-electron chi connectivity index (χ1n) is 3.25. The average Bonchev–Trinajstić information content (AvgIpc) is 2.07. The fourth-order valence-corrected chi connectivity index (χ4v) is 0.895. The molecule has 1 aromatic rings. The highest BCUT2D eigenvalue weighted by atomic mass is 35.5. The molecule has 0 unspecified atom stereocenters. The summed E-state index contributed by atoms with van der Waals surface area (Å²) in [5.74, 6) is -0.439. The Bertz CT molecular complexity index is 301. The number of nitrogens with zero attached hydrogens (tertiary/aromatic N) is 1. The Labute approximate surface area is 74.6 Å². The third-order valence-corrected chi connectivity index (χ3v) is 1.54. The minimum absolute atomic E-state index is 0.0788. The highest BCUT2D eigenvalue weighted by Gasteiger charge is 1.98. The zero-order valence-electron chi connectivity index (χ0n) is 6.42. The maximum absolute atomic E-state index is 12.6. The van der Waals surface area contributed by atoms with Gasteiger partial charge in [-0.1, -0.05) is 22.8 Å². The van der Waals surface area contributed by atoms with Crippen LogP contribution in [-0.4, -0.2) is 13.3 Å². The summed E-state index contributed by atoms with van der Waals surface area (Å²) in [7, 11) is 1.43. The molecule has 0 aromatic heterocycles. The average molecular weight is 188 g/mol. The van der Waals surface area contributed by atoms with E-state index in [4.69, 9.17) is 11.6 Å². The minimum Gasteiger partial charge on any atom is -0.399 e. The van der Waals surface area contributed by atoms with Gasteiger partial charge in [0.05, 0.1) is 11.2 Å². The maximum atomic E-state index is 12.6. The monoisotopic (exact) mass is 187 g/mol. The third kappa shape index (κ3) is 2.20. The zero-order valence-corrected chi connectivity index (χ0v) is 7.18. The van der Waals surface area contributed by atoms with Gasteiger partial charge in [0.25, 0.3) is 0 Å². The van der Waals surface area contributed by atoms with Crippen LogP contribution in [0.4, 0.5) is 4.39 Å². The lowest BCUT2D eigenvalue weighted by molar-refractivity contribution is 0.215. The van der Waals surface area contributed by atoms with Gasteiger partial charge >= 0.3 is 0 Å². The molecule has 2 nitrogen and oxygen atoms in total. The molecule has 0 saturated carbocycles. The molecule has 0 fully saturated rings. The molecule has 0 heterocycles. The molecule has 1 rings (SSSR count). The van der Waals surface area contributed by atoms with Crippen LogP contribution in [0.15, 0.2) is 23.4 Å². The molecule has 0 saturated heterocycles. The van der Waals surface area contributed by atoms with Crippen molar-refractivity contribution in [2.24, 2.45) is 5.16 Å². The number of benzene rings is 1. The lowest BCUT2D eigenvalue weighted by Crippen LogP contribution is -1.84. The van der Waals surface area contributed by atoms with Crippen molar-refractivity contribution >= 4 is 17.8 Å². The molecule has 0 aliphatic carbocycles. The molecular weight excluding hydrogens is 181 g/mol. The van der Waals surface area contributed by atoms with Crippen LogP contribution in [0.2, 0.25) is 5.02 Å². The zero-order chi connectivity index (χ0) is 8.97. The highest BCUT2D eigenvalue weighted by Crippen LogP contribution is 2.14. The predicted molar refractivity (Wildman–Crippen MR) is 46.0 cm³/mol. The summed E-state index contributed by atoms with van der Waals surface area (Å²) in [6, 6.07) is 4.31. The first-order valence-corrected chi connectivity index (χ1v) is 3.63. The van der Waals surface area contributed by atoms with Crippen LogP contribution >= 0.6 is 11.6 Å². The molecule has 0 aliphatic heterocycles. The van der Waals surface area contributed by atoms with Gasteiger partial charge in [-0.05, 0) is 17.7 Å². The molecule has 64 valence electrons. The van der Waals surface area contributed by atoms with E-state index in [9.17, 15) is 4.39 Å². The Kier molecular flexibility index (Phi) is 3.05. The molecule has 0 aliphatic rings. The van der Waals surface area contributed by atoms with E-state index in [0.29, 0.717) is 5.56 Å². The summed E-state index contributed by atoms with van der Waals surface area (Å²) < 4.78 is 12.6. The molecule has 0 spiro atoms. The summed E-state index contributed by atoms with van der Waals surface area (Å²) in [6.07, 6.45) is 1.45. The number of hydrogen-bond acceptors (Lipinski definition) is 2. The molecule has 1 aromatic carbocycles. The Balaban J connectivity index is 2.89. The molecule has 0 radical (unpaired) electrons. The van der Waals surface area contributed by atoms with Crippen molar-refractivity contribution in [3.8, 4) is 0 Å². The minimum atomic E-state index is -0.439. The maximum Gasteiger partial charge on any atom is 0.141 e. The first-order chi connectivity index (χ1) is 5.74. The summed E-state index contributed by atoms with van der Waals surface area (Å²) in [5, 5.41) is 3.59. The van der Waals surface area contributed by atoms with Gasteiger partial charge in [-0.2, -0.15) is 0 Å². The molecule has 0 N–H and O–H groups in total. The van der Waals surface area contributed by atoms with Gasteiger partial charge in [0.15, 0.2) is 0 Å². The largest absolute Gasteiger partial charge is 0.399 e. The number of hydrogen-bond donors (Lipinski definition) is 0. The van der Waals surface area contributed by atoms with Crippen molar-refractivity contribution < 1.29 is 9.23 Å². The van der Waals surface area contributed by atoms with Crippen molar-refractivity contribution in [1.29, 1.82) is 0 Å². The fourth-order valence-electron chi connectivity index (χ4n) is 0.706. The Morgan fingerprint density at radius 3 is 2.92 bits per heavy atom. The van der Waals surface area contributed by atoms with Crippen LogP contribution in [-0.2, 0) is 4.84 Å². The SMILES string of the molecule is CON=Cc1ccc(F)c(Cl)c1. The Hall–Kier alpha value is -1.09. The van der Waals surface area contributed by atoms with Gasteiger partial charge in [0.2, 0.25) is 0 Å². The van der Waals surface area contributed by atoms with Gasteiger partial charge < -0.3 is 4.84 Å². The van der Waals surface area contributed by atoms with Crippen molar-refractivity contribution in [1.82, 2.24) is 0 Å². The smallest absolute Gasteiger partial charge is 0.141 e. The molecule has 0 atom stereocenters. The van der Waals surface area contributed by atoms with Crippen molar-refractivity contribution in [2.75, 3.05) is 7.11 Å². The Morgan fingerprint density at radius 1 is 1.58 bits per heavy atom. The lowest BCUT2D eigenvalue weighted by Gasteiger charge is -1.94. The van der Waals surface area contributed by atoms with Crippen LogP contribution in [0, 0.1) is 5.82 Å². The van der Waals surface area contributed by atoms with Gasteiger partial charge in [0, 0.05) is 0 Å². The van der Waals surface area contributed by atoms with Crippen molar-refractivity contribution in [3.63, 3.8) is 0 Å². The first kappa shape index (κ1) is 9.00. The van der Waals surface area contributed by atoms with E-state index in [-0.39, 0.29) is 5.02 Å². The van der Waals surface area contributed by atoms with Gasteiger partial charge in [-0.15, -0.1) is 0 Å². The number of rotatable bonds is 2. The molecule has 0 amide bonds. The molecule has 4 heteroatoms. The summed E-state index contributed by atoms with van der Waals surface area (Å²) in [6.45, 7) is 0. The third-order valence-electron chi connectivity index (χ3n) is 1.25. The second kappa shape index (κ2) is 4.07. The second-order valence-corrected chi connectivity index (χ2v) is 2.50. The van der Waals surface area contributed by atoms with Crippen molar-refractivity contribution in [2.45, 2.75) is 0 Å². The van der Waals surface area contributed by atoms with E-state index in [1.54, 1.807) is 6.07 Å². The molecular formula is C8H7ClFNO. The van der Waals surface area contributed by atoms with E-state index in [0.717, 1.165) is 0 Å². The van der Waals surface area contributed by atoms with Crippen LogP contribution in [0.5, 0.6) is 0 Å². The van der Waals surface area contributed by atoms with E-state index in [2.05, 4.69) is 9.99 Å². The standard InChI is InChI=1S/C8H7ClFNO/c1-12-11-5-6-2-3-8(10)7(9)4-6/h2-5H,1H3. The molecule has 12 heavy (non-hydrogen) atoms. The quantitative estimate of drug-likeness (QED) is 0.515. The van der Waals surface area contributed by atoms with Crippen LogP contribution < -0.4 is 0 Å². The van der Waals surface area contributed by atoms with Gasteiger partial charge in [-0.25, -0.2) is 4.39 Å². The topological polar surface area (TPSA) is 21.6 Å². The molecule has 0 bridgehead atoms. The van der Waals surface area contributed by atoms with Crippen LogP contribution in [0.1, 0.15) is 5.56 Å². The van der Waals surface area contributed by atoms with Crippen molar-refractivity contribution in [3.05, 3.63) is 34.6 Å². The van der Waals surface area contributed by atoms with Gasteiger partial charge in [-0.3, -0.25) is 0 Å². The van der Waals surface area contributed by atoms with E-state index >= 15 is 0 Å². The predicted octanol–water partition coefficient (Wildman–Crippen LogP) is 2.46. The van der Waals surface area contributed by atoms with E-state index in [1.165, 1.54) is 25.5 Å². The van der Waals surface area contributed by atoms with Crippen LogP contribution in [0.25, 0.3) is 0 Å². The highest BCUT2D eigenvalue weighted by molar-refractivity contribution is 6.31. The summed E-state index contributed by atoms with van der Waals surface area (Å²) >= 11 is 5.52. The Morgan fingerprint density at radius 2 is 2.33 bits per heavy atom. The fraction of sp³-hybridized carbons (Fsp3) is 0.125. The second-order valence-electron chi connectivity index (χ2n) is 2.09. The lowest BCUT2D eigenvalue weighted by atomic mass is 10.2. The summed E-state index contributed by atoms with van der Waals surface area (Å²) in [4.78, 5) is 4.45. The van der Waals surface area contributed by atoms with Crippen LogP contribution in [0.3, 0.4) is 0 Å². The van der Waals surface area contributed by atoms with Gasteiger partial charge in [0.1, 0.15) is 12.9 Å². The summed E-state index contributed by atoms with van der Waals surface area (Å²) in [5.41, 5.74) is 0.697. The normalized spacial score (nSPS) is 10.6. The van der Waals surface area contributed by atoms with E-state index < -0.39 is 5.82 Å². The van der Waals surface area contributed by atoms with E-state index in [1.807, 2.05) is 0 Å². The number of halogens is 2.